The van der Waals surface area contributed by atoms with Crippen LogP contribution in [-0.4, -0.2) is 30.6 Å². The number of nitriles is 1. The quantitative estimate of drug-likeness (QED) is 0.891. The first-order valence-electron chi connectivity index (χ1n) is 6.26. The second-order valence-electron chi connectivity index (χ2n) is 5.00. The number of anilines is 1. The molecule has 3 nitrogen and oxygen atoms in total. The van der Waals surface area contributed by atoms with Gasteiger partial charge in [0.1, 0.15) is 6.07 Å². The molecule has 0 bridgehead atoms. The van der Waals surface area contributed by atoms with Crippen LogP contribution in [0.15, 0.2) is 18.2 Å². The third kappa shape index (κ3) is 2.95. The SMILES string of the molecule is CC1CC(Nc2ccc(C#N)c(Cl)c2)CCN1C. The van der Waals surface area contributed by atoms with Gasteiger partial charge in [-0.05, 0) is 45.0 Å². The fourth-order valence-electron chi connectivity index (χ4n) is 2.35. The summed E-state index contributed by atoms with van der Waals surface area (Å²) in [5, 5.41) is 12.9. The predicted octanol–water partition coefficient (Wildman–Crippen LogP) is 3.11. The molecule has 2 unspecified atom stereocenters. The largest absolute Gasteiger partial charge is 0.382 e. The molecule has 0 saturated carbocycles. The summed E-state index contributed by atoms with van der Waals surface area (Å²) in [6.07, 6.45) is 2.27. The second kappa shape index (κ2) is 5.60. The zero-order valence-electron chi connectivity index (χ0n) is 10.8. The van der Waals surface area contributed by atoms with E-state index in [0.717, 1.165) is 25.1 Å². The first kappa shape index (κ1) is 13.2. The van der Waals surface area contributed by atoms with E-state index in [1.165, 1.54) is 0 Å². The highest BCUT2D eigenvalue weighted by molar-refractivity contribution is 6.32. The van der Waals surface area contributed by atoms with Gasteiger partial charge < -0.3 is 10.2 Å². The molecule has 1 aromatic carbocycles. The van der Waals surface area contributed by atoms with E-state index in [2.05, 4.69) is 30.3 Å². The van der Waals surface area contributed by atoms with E-state index in [1.807, 2.05) is 12.1 Å². The van der Waals surface area contributed by atoms with E-state index >= 15 is 0 Å². The number of likely N-dealkylation sites (tertiary alicyclic amines) is 1. The molecule has 18 heavy (non-hydrogen) atoms. The molecular formula is C14H18ClN3. The van der Waals surface area contributed by atoms with Gasteiger partial charge in [-0.1, -0.05) is 11.6 Å². The van der Waals surface area contributed by atoms with E-state index in [9.17, 15) is 0 Å². The number of hydrogen-bond acceptors (Lipinski definition) is 3. The van der Waals surface area contributed by atoms with Crippen molar-refractivity contribution < 1.29 is 0 Å². The molecule has 1 heterocycles. The van der Waals surface area contributed by atoms with Crippen LogP contribution in [0.3, 0.4) is 0 Å². The molecule has 4 heteroatoms. The maximum atomic E-state index is 8.83. The fraction of sp³-hybridized carbons (Fsp3) is 0.500. The van der Waals surface area contributed by atoms with E-state index < -0.39 is 0 Å². The van der Waals surface area contributed by atoms with Crippen molar-refractivity contribution in [2.45, 2.75) is 31.8 Å². The lowest BCUT2D eigenvalue weighted by Crippen LogP contribution is -2.42. The minimum atomic E-state index is 0.486. The van der Waals surface area contributed by atoms with Gasteiger partial charge in [-0.25, -0.2) is 0 Å². The Labute approximate surface area is 113 Å². The Balaban J connectivity index is 2.02. The molecule has 1 N–H and O–H groups in total. The van der Waals surface area contributed by atoms with Gasteiger partial charge in [0, 0.05) is 24.3 Å². The monoisotopic (exact) mass is 263 g/mol. The van der Waals surface area contributed by atoms with Crippen LogP contribution in [-0.2, 0) is 0 Å². The lowest BCUT2D eigenvalue weighted by atomic mass is 9.98. The van der Waals surface area contributed by atoms with E-state index in [-0.39, 0.29) is 0 Å². The minimum absolute atomic E-state index is 0.486. The first-order chi connectivity index (χ1) is 8.60. The van der Waals surface area contributed by atoms with Crippen LogP contribution in [0.5, 0.6) is 0 Å². The van der Waals surface area contributed by atoms with Crippen molar-refractivity contribution in [2.24, 2.45) is 0 Å². The number of rotatable bonds is 2. The highest BCUT2D eigenvalue weighted by Gasteiger charge is 2.22. The highest BCUT2D eigenvalue weighted by Crippen LogP contribution is 2.24. The van der Waals surface area contributed by atoms with Gasteiger partial charge in [0.05, 0.1) is 10.6 Å². The van der Waals surface area contributed by atoms with Crippen molar-refractivity contribution in [1.82, 2.24) is 4.90 Å². The summed E-state index contributed by atoms with van der Waals surface area (Å²) >= 11 is 6.03. The molecular weight excluding hydrogens is 246 g/mol. The van der Waals surface area contributed by atoms with Crippen LogP contribution < -0.4 is 5.32 Å². The van der Waals surface area contributed by atoms with Crippen LogP contribution in [0.1, 0.15) is 25.3 Å². The molecule has 0 spiro atoms. The number of benzene rings is 1. The van der Waals surface area contributed by atoms with Crippen LogP contribution in [0, 0.1) is 11.3 Å². The molecule has 2 atom stereocenters. The summed E-state index contributed by atoms with van der Waals surface area (Å²) in [6, 6.07) is 8.69. The van der Waals surface area contributed by atoms with Crippen molar-refractivity contribution in [3.63, 3.8) is 0 Å². The smallest absolute Gasteiger partial charge is 0.101 e. The predicted molar refractivity (Wildman–Crippen MR) is 74.9 cm³/mol. The number of hydrogen-bond donors (Lipinski definition) is 1. The average Bonchev–Trinajstić information content (AvgIpc) is 2.34. The fourth-order valence-corrected chi connectivity index (χ4v) is 2.57. The minimum Gasteiger partial charge on any atom is -0.382 e. The zero-order chi connectivity index (χ0) is 13.1. The van der Waals surface area contributed by atoms with Crippen LogP contribution in [0.2, 0.25) is 5.02 Å². The Bertz CT molecular complexity index is 467. The number of piperidine rings is 1. The lowest BCUT2D eigenvalue weighted by molar-refractivity contribution is 0.190. The number of halogens is 1. The third-order valence-electron chi connectivity index (χ3n) is 3.67. The van der Waals surface area contributed by atoms with Crippen LogP contribution in [0.25, 0.3) is 0 Å². The summed E-state index contributed by atoms with van der Waals surface area (Å²) in [5.74, 6) is 0. The Morgan fingerprint density at radius 1 is 1.50 bits per heavy atom. The Hall–Kier alpha value is -1.24. The molecule has 1 fully saturated rings. The Morgan fingerprint density at radius 3 is 2.89 bits per heavy atom. The van der Waals surface area contributed by atoms with Crippen molar-refractivity contribution in [1.29, 1.82) is 5.26 Å². The molecule has 1 saturated heterocycles. The van der Waals surface area contributed by atoms with Crippen LogP contribution >= 0.6 is 11.6 Å². The molecule has 1 aliphatic heterocycles. The van der Waals surface area contributed by atoms with Crippen molar-refractivity contribution in [3.8, 4) is 6.07 Å². The summed E-state index contributed by atoms with van der Waals surface area (Å²) in [7, 11) is 2.17. The standard InChI is InChI=1S/C14H18ClN3/c1-10-7-13(5-6-18(10)2)17-12-4-3-11(9-16)14(15)8-12/h3-4,8,10,13,17H,5-7H2,1-2H3. The maximum Gasteiger partial charge on any atom is 0.101 e. The summed E-state index contributed by atoms with van der Waals surface area (Å²) in [6.45, 7) is 3.36. The van der Waals surface area contributed by atoms with Gasteiger partial charge in [0.25, 0.3) is 0 Å². The van der Waals surface area contributed by atoms with Crippen molar-refractivity contribution in [3.05, 3.63) is 28.8 Å². The van der Waals surface area contributed by atoms with Crippen LogP contribution in [0.4, 0.5) is 5.69 Å². The maximum absolute atomic E-state index is 8.83. The van der Waals surface area contributed by atoms with E-state index in [4.69, 9.17) is 16.9 Å². The Kier molecular flexibility index (Phi) is 4.11. The summed E-state index contributed by atoms with van der Waals surface area (Å²) in [4.78, 5) is 2.38. The molecule has 1 aliphatic rings. The van der Waals surface area contributed by atoms with Crippen molar-refractivity contribution in [2.75, 3.05) is 18.9 Å². The van der Waals surface area contributed by atoms with Gasteiger partial charge in [0.2, 0.25) is 0 Å². The first-order valence-corrected chi connectivity index (χ1v) is 6.64. The second-order valence-corrected chi connectivity index (χ2v) is 5.41. The molecule has 0 aliphatic carbocycles. The van der Waals surface area contributed by atoms with Crippen molar-refractivity contribution >= 4 is 17.3 Å². The average molecular weight is 264 g/mol. The Morgan fingerprint density at radius 2 is 2.28 bits per heavy atom. The summed E-state index contributed by atoms with van der Waals surface area (Å²) < 4.78 is 0. The normalized spacial score (nSPS) is 24.6. The molecule has 0 aromatic heterocycles. The zero-order valence-corrected chi connectivity index (χ0v) is 11.5. The van der Waals surface area contributed by atoms with Gasteiger partial charge in [-0.2, -0.15) is 5.26 Å². The van der Waals surface area contributed by atoms with E-state index in [0.29, 0.717) is 22.7 Å². The molecule has 96 valence electrons. The van der Waals surface area contributed by atoms with Gasteiger partial charge >= 0.3 is 0 Å². The van der Waals surface area contributed by atoms with Gasteiger partial charge in [0.15, 0.2) is 0 Å². The van der Waals surface area contributed by atoms with Gasteiger partial charge in [-0.15, -0.1) is 0 Å². The molecule has 0 amide bonds. The van der Waals surface area contributed by atoms with Gasteiger partial charge in [-0.3, -0.25) is 0 Å². The number of nitrogens with one attached hydrogen (secondary N) is 1. The molecule has 1 aromatic rings. The molecule has 2 rings (SSSR count). The summed E-state index contributed by atoms with van der Waals surface area (Å²) in [5.41, 5.74) is 1.53. The topological polar surface area (TPSA) is 39.1 Å². The highest BCUT2D eigenvalue weighted by atomic mass is 35.5. The van der Waals surface area contributed by atoms with E-state index in [1.54, 1.807) is 6.07 Å². The number of nitrogens with zero attached hydrogens (tertiary/aromatic N) is 2. The third-order valence-corrected chi connectivity index (χ3v) is 3.98. The molecule has 0 radical (unpaired) electrons. The lowest BCUT2D eigenvalue weighted by Gasteiger charge is -2.35.